The lowest BCUT2D eigenvalue weighted by Gasteiger charge is -2.13. The van der Waals surface area contributed by atoms with Crippen molar-refractivity contribution >= 4 is 40.2 Å². The van der Waals surface area contributed by atoms with Gasteiger partial charge in [-0.25, -0.2) is 4.98 Å². The summed E-state index contributed by atoms with van der Waals surface area (Å²) in [5, 5.41) is 4.49. The molecule has 0 radical (unpaired) electrons. The van der Waals surface area contributed by atoms with Gasteiger partial charge in [-0.2, -0.15) is 0 Å². The monoisotopic (exact) mass is 449 g/mol. The summed E-state index contributed by atoms with van der Waals surface area (Å²) in [5.41, 5.74) is 3.11. The van der Waals surface area contributed by atoms with Crippen molar-refractivity contribution in [3.8, 4) is 5.69 Å². The topological polar surface area (TPSA) is 64.0 Å². The lowest BCUT2D eigenvalue weighted by atomic mass is 10.2. The van der Waals surface area contributed by atoms with Gasteiger partial charge in [-0.15, -0.1) is 0 Å². The van der Waals surface area contributed by atoms with Crippen LogP contribution in [0.4, 0.5) is 0 Å². The van der Waals surface area contributed by atoms with E-state index in [2.05, 4.69) is 10.3 Å². The van der Waals surface area contributed by atoms with E-state index in [0.29, 0.717) is 33.3 Å². The Labute approximate surface area is 189 Å². The summed E-state index contributed by atoms with van der Waals surface area (Å²) >= 11 is 7.38. The number of benzene rings is 3. The van der Waals surface area contributed by atoms with Crippen LogP contribution >= 0.6 is 23.4 Å². The molecule has 0 unspecified atom stereocenters. The molecule has 156 valence electrons. The number of thioether (sulfide) groups is 1. The van der Waals surface area contributed by atoms with Crippen molar-refractivity contribution < 1.29 is 4.79 Å². The number of carbonyl (C=O) groups is 1. The Kier molecular flexibility index (Phi) is 6.39. The van der Waals surface area contributed by atoms with E-state index in [-0.39, 0.29) is 17.2 Å². The summed E-state index contributed by atoms with van der Waals surface area (Å²) in [6, 6.07) is 22.3. The number of rotatable bonds is 6. The second-order valence-electron chi connectivity index (χ2n) is 7.04. The number of hydrogen-bond donors (Lipinski definition) is 1. The molecule has 0 aliphatic carbocycles. The summed E-state index contributed by atoms with van der Waals surface area (Å²) in [6.07, 6.45) is 0. The number of amides is 1. The summed E-state index contributed by atoms with van der Waals surface area (Å²) in [7, 11) is 0. The van der Waals surface area contributed by atoms with Crippen molar-refractivity contribution in [1.29, 1.82) is 0 Å². The third-order valence-electron chi connectivity index (χ3n) is 4.80. The zero-order valence-corrected chi connectivity index (χ0v) is 18.4. The normalized spacial score (nSPS) is 10.9. The Morgan fingerprint density at radius 2 is 1.74 bits per heavy atom. The van der Waals surface area contributed by atoms with E-state index in [1.165, 1.54) is 11.8 Å². The number of nitrogens with zero attached hydrogens (tertiary/aromatic N) is 2. The largest absolute Gasteiger partial charge is 0.351 e. The van der Waals surface area contributed by atoms with Crippen molar-refractivity contribution in [2.45, 2.75) is 18.6 Å². The van der Waals surface area contributed by atoms with Crippen LogP contribution in [0.1, 0.15) is 11.1 Å². The Bertz CT molecular complexity index is 1300. The molecule has 31 heavy (non-hydrogen) atoms. The molecule has 4 aromatic rings. The fraction of sp³-hybridized carbons (Fsp3) is 0.125. The number of fused-ring (bicyclic) bond motifs is 1. The lowest BCUT2D eigenvalue weighted by Crippen LogP contribution is -2.26. The van der Waals surface area contributed by atoms with E-state index < -0.39 is 0 Å². The summed E-state index contributed by atoms with van der Waals surface area (Å²) in [4.78, 5) is 30.3. The van der Waals surface area contributed by atoms with Crippen LogP contribution in [0.5, 0.6) is 0 Å². The average molecular weight is 450 g/mol. The van der Waals surface area contributed by atoms with Gasteiger partial charge in [0.1, 0.15) is 0 Å². The number of nitrogens with one attached hydrogen (secondary N) is 1. The lowest BCUT2D eigenvalue weighted by molar-refractivity contribution is -0.118. The van der Waals surface area contributed by atoms with Crippen molar-refractivity contribution in [2.75, 3.05) is 5.75 Å². The summed E-state index contributed by atoms with van der Waals surface area (Å²) in [5.74, 6) is -0.0380. The maximum absolute atomic E-state index is 13.2. The highest BCUT2D eigenvalue weighted by molar-refractivity contribution is 7.99. The van der Waals surface area contributed by atoms with Gasteiger partial charge < -0.3 is 5.32 Å². The first-order valence-corrected chi connectivity index (χ1v) is 11.1. The van der Waals surface area contributed by atoms with Crippen LogP contribution in [0.3, 0.4) is 0 Å². The molecule has 0 atom stereocenters. The molecule has 1 N–H and O–H groups in total. The minimum absolute atomic E-state index is 0.126. The second-order valence-corrected chi connectivity index (χ2v) is 8.39. The first kappa shape index (κ1) is 21.2. The van der Waals surface area contributed by atoms with Gasteiger partial charge in [-0.1, -0.05) is 71.4 Å². The number of carbonyl (C=O) groups excluding carboxylic acids is 1. The van der Waals surface area contributed by atoms with Crippen LogP contribution in [0.15, 0.2) is 82.7 Å². The van der Waals surface area contributed by atoms with E-state index in [0.717, 1.165) is 11.1 Å². The highest BCUT2D eigenvalue weighted by atomic mass is 35.5. The molecule has 0 spiro atoms. The van der Waals surface area contributed by atoms with Crippen molar-refractivity contribution in [2.24, 2.45) is 0 Å². The predicted molar refractivity (Wildman–Crippen MR) is 126 cm³/mol. The molecule has 0 fully saturated rings. The van der Waals surface area contributed by atoms with Crippen molar-refractivity contribution in [3.05, 3.63) is 99.3 Å². The van der Waals surface area contributed by atoms with E-state index in [9.17, 15) is 9.59 Å². The molecule has 1 aromatic heterocycles. The smallest absolute Gasteiger partial charge is 0.266 e. The van der Waals surface area contributed by atoms with E-state index in [1.54, 1.807) is 22.8 Å². The molecular weight excluding hydrogens is 430 g/mol. The van der Waals surface area contributed by atoms with Gasteiger partial charge in [0, 0.05) is 11.6 Å². The maximum Gasteiger partial charge on any atom is 0.266 e. The maximum atomic E-state index is 13.2. The Morgan fingerprint density at radius 3 is 2.52 bits per heavy atom. The van der Waals surface area contributed by atoms with Crippen LogP contribution in [0.2, 0.25) is 5.02 Å². The van der Waals surface area contributed by atoms with Crippen LogP contribution in [-0.2, 0) is 11.3 Å². The third-order valence-corrected chi connectivity index (χ3v) is 6.11. The molecule has 5 nitrogen and oxygen atoms in total. The fourth-order valence-electron chi connectivity index (χ4n) is 3.15. The Morgan fingerprint density at radius 1 is 1.03 bits per heavy atom. The van der Waals surface area contributed by atoms with Gasteiger partial charge >= 0.3 is 0 Å². The summed E-state index contributed by atoms with van der Waals surface area (Å²) in [6.45, 7) is 2.33. The third kappa shape index (κ3) is 4.81. The van der Waals surface area contributed by atoms with Gasteiger partial charge in [0.2, 0.25) is 5.91 Å². The molecule has 1 amide bonds. The van der Waals surface area contributed by atoms with E-state index >= 15 is 0 Å². The zero-order valence-electron chi connectivity index (χ0n) is 16.8. The molecule has 0 saturated carbocycles. The SMILES string of the molecule is Cc1ccc(-n2c(SCC(=O)NCc3ccccc3Cl)nc3ccccc3c2=O)cc1. The molecular formula is C24H20ClN3O2S. The second kappa shape index (κ2) is 9.37. The Balaban J connectivity index is 1.59. The number of para-hydroxylation sites is 1. The molecule has 0 saturated heterocycles. The van der Waals surface area contributed by atoms with Gasteiger partial charge in [-0.05, 0) is 42.8 Å². The molecule has 0 aliphatic heterocycles. The number of halogens is 1. The summed E-state index contributed by atoms with van der Waals surface area (Å²) < 4.78 is 1.56. The molecule has 0 bridgehead atoms. The minimum Gasteiger partial charge on any atom is -0.351 e. The van der Waals surface area contributed by atoms with Crippen LogP contribution in [0, 0.1) is 6.92 Å². The van der Waals surface area contributed by atoms with Crippen LogP contribution in [0.25, 0.3) is 16.6 Å². The average Bonchev–Trinajstić information content (AvgIpc) is 2.78. The molecule has 7 heteroatoms. The van der Waals surface area contributed by atoms with Gasteiger partial charge in [0.15, 0.2) is 5.16 Å². The number of hydrogen-bond acceptors (Lipinski definition) is 4. The van der Waals surface area contributed by atoms with Crippen LogP contribution in [-0.4, -0.2) is 21.2 Å². The zero-order chi connectivity index (χ0) is 21.8. The first-order chi connectivity index (χ1) is 15.0. The quantitative estimate of drug-likeness (QED) is 0.340. The van der Waals surface area contributed by atoms with Gasteiger partial charge in [0.25, 0.3) is 5.56 Å². The highest BCUT2D eigenvalue weighted by Crippen LogP contribution is 2.22. The molecule has 3 aromatic carbocycles. The molecule has 0 aliphatic rings. The first-order valence-electron chi connectivity index (χ1n) is 9.74. The van der Waals surface area contributed by atoms with E-state index in [4.69, 9.17) is 11.6 Å². The number of aryl methyl sites for hydroxylation is 1. The highest BCUT2D eigenvalue weighted by Gasteiger charge is 2.15. The minimum atomic E-state index is -0.164. The van der Waals surface area contributed by atoms with Crippen molar-refractivity contribution in [1.82, 2.24) is 14.9 Å². The van der Waals surface area contributed by atoms with Gasteiger partial charge in [0.05, 0.1) is 22.3 Å². The molecule has 1 heterocycles. The number of aromatic nitrogens is 2. The predicted octanol–water partition coefficient (Wildman–Crippen LogP) is 4.76. The fourth-order valence-corrected chi connectivity index (χ4v) is 4.19. The Hall–Kier alpha value is -3.09. The van der Waals surface area contributed by atoms with Gasteiger partial charge in [-0.3, -0.25) is 14.2 Å². The van der Waals surface area contributed by atoms with Crippen LogP contribution < -0.4 is 10.9 Å². The van der Waals surface area contributed by atoms with Crippen molar-refractivity contribution in [3.63, 3.8) is 0 Å². The standard InChI is InChI=1S/C24H20ClN3O2S/c1-16-10-12-18(13-11-16)28-23(30)19-7-3-5-9-21(19)27-24(28)31-15-22(29)26-14-17-6-2-4-8-20(17)25/h2-13H,14-15H2,1H3,(H,26,29). The molecule has 4 rings (SSSR count). The van der Waals surface area contributed by atoms with E-state index in [1.807, 2.05) is 61.5 Å².